The van der Waals surface area contributed by atoms with E-state index >= 15 is 0 Å². The summed E-state index contributed by atoms with van der Waals surface area (Å²) < 4.78 is 5.85. The summed E-state index contributed by atoms with van der Waals surface area (Å²) in [5, 5.41) is 2.03. The summed E-state index contributed by atoms with van der Waals surface area (Å²) in [4.78, 5) is 30.8. The number of likely N-dealkylation sites (tertiary alicyclic amines) is 1. The molecule has 2 amide bonds. The average molecular weight is 385 g/mol. The van der Waals surface area contributed by atoms with Gasteiger partial charge in [-0.25, -0.2) is 0 Å². The van der Waals surface area contributed by atoms with E-state index in [-0.39, 0.29) is 24.0 Å². The summed E-state index contributed by atoms with van der Waals surface area (Å²) in [7, 11) is 0. The first-order valence-corrected chi connectivity index (χ1v) is 10.4. The van der Waals surface area contributed by atoms with Gasteiger partial charge in [0, 0.05) is 18.0 Å². The van der Waals surface area contributed by atoms with Gasteiger partial charge in [0.2, 0.25) is 11.8 Å². The molecule has 3 heterocycles. The molecule has 6 heteroatoms. The first-order chi connectivity index (χ1) is 13.2. The molecule has 0 N–H and O–H groups in total. The summed E-state index contributed by atoms with van der Waals surface area (Å²) in [5.74, 6) is 0.110. The van der Waals surface area contributed by atoms with Gasteiger partial charge in [0.25, 0.3) is 0 Å². The van der Waals surface area contributed by atoms with Gasteiger partial charge in [0.15, 0.2) is 0 Å². The van der Waals surface area contributed by atoms with Crippen LogP contribution in [-0.2, 0) is 20.7 Å². The predicted octanol–water partition coefficient (Wildman–Crippen LogP) is 2.88. The third kappa shape index (κ3) is 4.06. The van der Waals surface area contributed by atoms with Gasteiger partial charge >= 0.3 is 0 Å². The summed E-state index contributed by atoms with van der Waals surface area (Å²) >= 11 is 1.65. The largest absolute Gasteiger partial charge is 0.369 e. The van der Waals surface area contributed by atoms with Gasteiger partial charge < -0.3 is 14.5 Å². The van der Waals surface area contributed by atoms with E-state index in [4.69, 9.17) is 4.74 Å². The zero-order valence-corrected chi connectivity index (χ0v) is 16.1. The number of thiophene rings is 1. The van der Waals surface area contributed by atoms with E-state index in [0.717, 1.165) is 23.3 Å². The Hall–Kier alpha value is -2.18. The molecule has 27 heavy (non-hydrogen) atoms. The second kappa shape index (κ2) is 8.23. The summed E-state index contributed by atoms with van der Waals surface area (Å²) in [6.45, 7) is 2.37. The summed E-state index contributed by atoms with van der Waals surface area (Å²) in [5.41, 5.74) is 0.990. The minimum atomic E-state index is -0.330. The summed E-state index contributed by atoms with van der Waals surface area (Å²) in [6, 6.07) is 13.5. The molecule has 0 radical (unpaired) electrons. The molecule has 2 unspecified atom stereocenters. The fraction of sp³-hybridized carbons (Fsp3) is 0.429. The number of carbonyl (C=O) groups is 2. The van der Waals surface area contributed by atoms with Crippen LogP contribution in [0.25, 0.3) is 0 Å². The van der Waals surface area contributed by atoms with Gasteiger partial charge in [0.1, 0.15) is 12.1 Å². The van der Waals surface area contributed by atoms with Crippen molar-refractivity contribution in [3.8, 4) is 0 Å². The van der Waals surface area contributed by atoms with Crippen molar-refractivity contribution >= 4 is 23.2 Å². The molecule has 0 bridgehead atoms. The normalized spacial score (nSPS) is 22.8. The molecule has 2 fully saturated rings. The van der Waals surface area contributed by atoms with Crippen molar-refractivity contribution in [3.05, 3.63) is 58.3 Å². The van der Waals surface area contributed by atoms with Crippen LogP contribution < -0.4 is 0 Å². The second-order valence-electron chi connectivity index (χ2n) is 7.07. The van der Waals surface area contributed by atoms with Crippen LogP contribution >= 0.6 is 11.3 Å². The van der Waals surface area contributed by atoms with Crippen LogP contribution in [0.4, 0.5) is 0 Å². The Labute approximate surface area is 163 Å². The maximum atomic E-state index is 13.2. The topological polar surface area (TPSA) is 49.9 Å². The minimum Gasteiger partial charge on any atom is -0.369 e. The highest BCUT2D eigenvalue weighted by molar-refractivity contribution is 7.10. The van der Waals surface area contributed by atoms with Crippen LogP contribution in [0.1, 0.15) is 29.4 Å². The van der Waals surface area contributed by atoms with Crippen molar-refractivity contribution in [2.75, 3.05) is 26.2 Å². The number of hydrogen-bond donors (Lipinski definition) is 0. The van der Waals surface area contributed by atoms with Gasteiger partial charge in [-0.15, -0.1) is 11.3 Å². The molecule has 142 valence electrons. The SMILES string of the molecule is O=C(C1CCCN1C(=O)Cc1ccccc1)N1CCOC(c2cccs2)C1. The van der Waals surface area contributed by atoms with Crippen molar-refractivity contribution in [1.82, 2.24) is 9.80 Å². The zero-order chi connectivity index (χ0) is 18.6. The molecule has 0 aliphatic carbocycles. The number of benzene rings is 1. The first kappa shape index (κ1) is 18.2. The molecule has 0 saturated carbocycles. The van der Waals surface area contributed by atoms with Crippen LogP contribution in [0.15, 0.2) is 47.8 Å². The number of rotatable bonds is 4. The Morgan fingerprint density at radius 2 is 1.96 bits per heavy atom. The minimum absolute atomic E-state index is 0.0418. The van der Waals surface area contributed by atoms with E-state index < -0.39 is 0 Å². The first-order valence-electron chi connectivity index (χ1n) is 9.49. The van der Waals surface area contributed by atoms with Crippen molar-refractivity contribution in [3.63, 3.8) is 0 Å². The van der Waals surface area contributed by atoms with Crippen molar-refractivity contribution in [1.29, 1.82) is 0 Å². The molecule has 4 rings (SSSR count). The fourth-order valence-corrected chi connectivity index (χ4v) is 4.67. The van der Waals surface area contributed by atoms with E-state index in [2.05, 4.69) is 6.07 Å². The molecule has 2 saturated heterocycles. The highest BCUT2D eigenvalue weighted by Crippen LogP contribution is 2.28. The Morgan fingerprint density at radius 3 is 2.74 bits per heavy atom. The number of carbonyl (C=O) groups excluding carboxylic acids is 2. The second-order valence-corrected chi connectivity index (χ2v) is 8.05. The van der Waals surface area contributed by atoms with Crippen molar-refractivity contribution in [2.24, 2.45) is 0 Å². The van der Waals surface area contributed by atoms with Gasteiger partial charge in [-0.2, -0.15) is 0 Å². The van der Waals surface area contributed by atoms with Gasteiger partial charge in [-0.05, 0) is 29.9 Å². The fourth-order valence-electron chi connectivity index (χ4n) is 3.90. The molecule has 5 nitrogen and oxygen atoms in total. The van der Waals surface area contributed by atoms with Crippen LogP contribution in [0.5, 0.6) is 0 Å². The van der Waals surface area contributed by atoms with E-state index in [0.29, 0.717) is 32.7 Å². The monoisotopic (exact) mass is 384 g/mol. The highest BCUT2D eigenvalue weighted by Gasteiger charge is 2.38. The number of ether oxygens (including phenoxy) is 1. The lowest BCUT2D eigenvalue weighted by molar-refractivity contribution is -0.148. The van der Waals surface area contributed by atoms with Gasteiger partial charge in [-0.3, -0.25) is 9.59 Å². The van der Waals surface area contributed by atoms with Gasteiger partial charge in [-0.1, -0.05) is 36.4 Å². The highest BCUT2D eigenvalue weighted by atomic mass is 32.1. The lowest BCUT2D eigenvalue weighted by atomic mass is 10.1. The Balaban J connectivity index is 1.42. The molecule has 1 aromatic heterocycles. The lowest BCUT2D eigenvalue weighted by Gasteiger charge is -2.36. The molecule has 2 aromatic rings. The molecule has 2 aliphatic rings. The maximum Gasteiger partial charge on any atom is 0.245 e. The number of hydrogen-bond acceptors (Lipinski definition) is 4. The van der Waals surface area contributed by atoms with Crippen LogP contribution in [0.2, 0.25) is 0 Å². The average Bonchev–Trinajstić information content (AvgIpc) is 3.40. The Kier molecular flexibility index (Phi) is 5.55. The van der Waals surface area contributed by atoms with Crippen LogP contribution in [0.3, 0.4) is 0 Å². The predicted molar refractivity (Wildman–Crippen MR) is 104 cm³/mol. The van der Waals surface area contributed by atoms with E-state index in [1.807, 2.05) is 46.7 Å². The van der Waals surface area contributed by atoms with Crippen LogP contribution in [-0.4, -0.2) is 53.9 Å². The smallest absolute Gasteiger partial charge is 0.245 e. The zero-order valence-electron chi connectivity index (χ0n) is 15.3. The molecule has 1 aromatic carbocycles. The third-order valence-corrected chi connectivity index (χ3v) is 6.26. The van der Waals surface area contributed by atoms with E-state index in [1.54, 1.807) is 16.2 Å². The molecule has 2 aliphatic heterocycles. The Morgan fingerprint density at radius 1 is 1.11 bits per heavy atom. The number of morpholine rings is 1. The molecular formula is C21H24N2O3S. The molecule has 0 spiro atoms. The standard InChI is InChI=1S/C21H24N2O3S/c24-20(14-16-6-2-1-3-7-16)23-10-4-8-17(23)21(25)22-11-12-26-18(15-22)19-9-5-13-27-19/h1-3,5-7,9,13,17-18H,4,8,10-12,14-15H2. The van der Waals surface area contributed by atoms with E-state index in [1.165, 1.54) is 0 Å². The third-order valence-electron chi connectivity index (χ3n) is 5.30. The molecule has 2 atom stereocenters. The van der Waals surface area contributed by atoms with Crippen molar-refractivity contribution < 1.29 is 14.3 Å². The number of nitrogens with zero attached hydrogens (tertiary/aromatic N) is 2. The van der Waals surface area contributed by atoms with Crippen LogP contribution in [0, 0.1) is 0 Å². The molecular weight excluding hydrogens is 360 g/mol. The Bertz CT molecular complexity index is 778. The van der Waals surface area contributed by atoms with Gasteiger partial charge in [0.05, 0.1) is 19.6 Å². The summed E-state index contributed by atoms with van der Waals surface area (Å²) in [6.07, 6.45) is 1.93. The number of amides is 2. The quantitative estimate of drug-likeness (QED) is 0.814. The van der Waals surface area contributed by atoms with E-state index in [9.17, 15) is 9.59 Å². The lowest BCUT2D eigenvalue weighted by Crippen LogP contribution is -2.51. The van der Waals surface area contributed by atoms with Crippen molar-refractivity contribution in [2.45, 2.75) is 31.4 Å². The maximum absolute atomic E-state index is 13.2.